The van der Waals surface area contributed by atoms with Crippen LogP contribution < -0.4 is 27.3 Å². The number of fused-ring (bicyclic) bond motifs is 9. The fraction of sp³-hybridized carbons (Fsp3) is 0. The highest BCUT2D eigenvalue weighted by Crippen LogP contribution is 2.40. The standard InChI is InChI=1S/C51H36B5N3O/c52-43-42(44(53)46(55)47(56)45(43)54)30-12-8-13-31(24-30)50-57-49(27-10-2-1-3-11-27)58-51(59-50)38-19-9-18-37-40-26-29(21-23-41(40)60-48(37)38)28-20-22-36-34-16-5-4-14-32(34)33-15-6-7-17-35(33)39(36)25-28/h1-26H,52-56H2. The summed E-state index contributed by atoms with van der Waals surface area (Å²) in [6.45, 7) is 0. The first-order valence-electron chi connectivity index (χ1n) is 20.6. The number of rotatable bonds is 5. The Morgan fingerprint density at radius 1 is 0.317 bits per heavy atom. The van der Waals surface area contributed by atoms with Gasteiger partial charge < -0.3 is 4.42 Å². The van der Waals surface area contributed by atoms with Gasteiger partial charge >= 0.3 is 0 Å². The van der Waals surface area contributed by atoms with Crippen molar-refractivity contribution >= 4 is 121 Å². The summed E-state index contributed by atoms with van der Waals surface area (Å²) < 4.78 is 6.73. The fourth-order valence-corrected chi connectivity index (χ4v) is 9.33. The van der Waals surface area contributed by atoms with Gasteiger partial charge in [-0.2, -0.15) is 0 Å². The van der Waals surface area contributed by atoms with Crippen LogP contribution in [0.4, 0.5) is 0 Å². The van der Waals surface area contributed by atoms with Gasteiger partial charge in [-0.15, -0.1) is 16.4 Å². The molecule has 4 nitrogen and oxygen atoms in total. The van der Waals surface area contributed by atoms with Crippen LogP contribution in [0.2, 0.25) is 0 Å². The highest BCUT2D eigenvalue weighted by Gasteiger charge is 2.20. The third-order valence-corrected chi connectivity index (χ3v) is 12.9. The van der Waals surface area contributed by atoms with E-state index < -0.39 is 0 Å². The Hall–Kier alpha value is -7.11. The number of para-hydroxylation sites is 1. The Balaban J connectivity index is 1.06. The molecule has 9 aromatic carbocycles. The Morgan fingerprint density at radius 2 is 0.800 bits per heavy atom. The van der Waals surface area contributed by atoms with Gasteiger partial charge in [0.2, 0.25) is 0 Å². The van der Waals surface area contributed by atoms with Gasteiger partial charge in [-0.1, -0.05) is 138 Å². The zero-order chi connectivity index (χ0) is 40.6. The molecular formula is C51H36B5N3O. The summed E-state index contributed by atoms with van der Waals surface area (Å²) in [5.74, 6) is 1.79. The van der Waals surface area contributed by atoms with Crippen LogP contribution in [0.3, 0.4) is 0 Å². The molecule has 0 unspecified atom stereocenters. The lowest BCUT2D eigenvalue weighted by Gasteiger charge is -2.20. The molecule has 11 aromatic rings. The normalized spacial score (nSPS) is 11.7. The van der Waals surface area contributed by atoms with E-state index in [-0.39, 0.29) is 0 Å². The Kier molecular flexibility index (Phi) is 8.42. The smallest absolute Gasteiger partial charge is 0.167 e. The van der Waals surface area contributed by atoms with Crippen LogP contribution >= 0.6 is 0 Å². The molecule has 11 rings (SSSR count). The maximum atomic E-state index is 6.73. The highest BCUT2D eigenvalue weighted by atomic mass is 16.3. The minimum atomic E-state index is 0.567. The first-order chi connectivity index (χ1) is 29.3. The predicted octanol–water partition coefficient (Wildman–Crippen LogP) is 4.86. The molecule has 0 atom stereocenters. The Bertz CT molecular complexity index is 3500. The molecule has 0 saturated carbocycles. The van der Waals surface area contributed by atoms with E-state index >= 15 is 0 Å². The molecule has 0 spiro atoms. The van der Waals surface area contributed by atoms with Crippen LogP contribution in [0, 0.1) is 0 Å². The lowest BCUT2D eigenvalue weighted by molar-refractivity contribution is 0.669. The minimum absolute atomic E-state index is 0.567. The summed E-state index contributed by atoms with van der Waals surface area (Å²) in [4.78, 5) is 15.4. The van der Waals surface area contributed by atoms with E-state index in [4.69, 9.17) is 19.4 Å². The molecule has 9 heteroatoms. The van der Waals surface area contributed by atoms with Gasteiger partial charge in [-0.05, 0) is 84.9 Å². The van der Waals surface area contributed by atoms with Crippen LogP contribution in [0.25, 0.3) is 111 Å². The van der Waals surface area contributed by atoms with Gasteiger partial charge in [0.15, 0.2) is 17.5 Å². The van der Waals surface area contributed by atoms with E-state index in [1.165, 1.54) is 65.2 Å². The van der Waals surface area contributed by atoms with E-state index in [1.54, 1.807) is 0 Å². The third-order valence-electron chi connectivity index (χ3n) is 12.9. The van der Waals surface area contributed by atoms with Crippen LogP contribution in [-0.2, 0) is 0 Å². The summed E-state index contributed by atoms with van der Waals surface area (Å²) in [6.07, 6.45) is 0. The van der Waals surface area contributed by atoms with Crippen molar-refractivity contribution in [3.8, 4) is 56.4 Å². The second-order valence-electron chi connectivity index (χ2n) is 16.1. The summed E-state index contributed by atoms with van der Waals surface area (Å²) >= 11 is 0. The average Bonchev–Trinajstić information content (AvgIpc) is 3.69. The second-order valence-corrected chi connectivity index (χ2v) is 16.1. The third kappa shape index (κ3) is 5.72. The molecule has 0 saturated heterocycles. The molecule has 0 bridgehead atoms. The monoisotopic (exact) mass is 761 g/mol. The first-order valence-corrected chi connectivity index (χ1v) is 20.6. The van der Waals surface area contributed by atoms with Gasteiger partial charge in [-0.25, -0.2) is 15.0 Å². The van der Waals surface area contributed by atoms with Gasteiger partial charge in [0.25, 0.3) is 0 Å². The van der Waals surface area contributed by atoms with Gasteiger partial charge in [0.05, 0.1) is 5.56 Å². The van der Waals surface area contributed by atoms with Crippen molar-refractivity contribution in [2.24, 2.45) is 0 Å². The number of hydrogen-bond donors (Lipinski definition) is 0. The van der Waals surface area contributed by atoms with Crippen molar-refractivity contribution in [3.05, 3.63) is 158 Å². The van der Waals surface area contributed by atoms with Crippen molar-refractivity contribution in [3.63, 3.8) is 0 Å². The summed E-state index contributed by atoms with van der Waals surface area (Å²) in [5.41, 5.74) is 15.6. The van der Waals surface area contributed by atoms with Crippen LogP contribution in [0.1, 0.15) is 0 Å². The summed E-state index contributed by atoms with van der Waals surface area (Å²) in [5, 5.41) is 9.66. The molecule has 0 radical (unpaired) electrons. The lowest BCUT2D eigenvalue weighted by atomic mass is 9.59. The molecule has 276 valence electrons. The van der Waals surface area contributed by atoms with E-state index in [0.29, 0.717) is 17.5 Å². The Morgan fingerprint density at radius 3 is 1.48 bits per heavy atom. The number of nitrogens with zero attached hydrogens (tertiary/aromatic N) is 3. The molecule has 0 aliphatic carbocycles. The van der Waals surface area contributed by atoms with Crippen molar-refractivity contribution in [1.82, 2.24) is 15.0 Å². The first kappa shape index (κ1) is 36.0. The molecule has 0 N–H and O–H groups in total. The van der Waals surface area contributed by atoms with Crippen LogP contribution in [-0.4, -0.2) is 54.2 Å². The maximum absolute atomic E-state index is 6.73. The molecule has 0 fully saturated rings. The zero-order valence-corrected chi connectivity index (χ0v) is 34.3. The molecular weight excluding hydrogens is 725 g/mol. The zero-order valence-electron chi connectivity index (χ0n) is 34.3. The van der Waals surface area contributed by atoms with Gasteiger partial charge in [0, 0.05) is 21.9 Å². The van der Waals surface area contributed by atoms with Crippen molar-refractivity contribution in [2.75, 3.05) is 0 Å². The quantitative estimate of drug-likeness (QED) is 0.186. The van der Waals surface area contributed by atoms with Crippen LogP contribution in [0.5, 0.6) is 0 Å². The van der Waals surface area contributed by atoms with Gasteiger partial charge in [0.1, 0.15) is 50.4 Å². The number of hydrogen-bond acceptors (Lipinski definition) is 4. The van der Waals surface area contributed by atoms with Crippen molar-refractivity contribution in [2.45, 2.75) is 0 Å². The topological polar surface area (TPSA) is 51.8 Å². The van der Waals surface area contributed by atoms with E-state index in [9.17, 15) is 0 Å². The Labute approximate surface area is 352 Å². The number of benzene rings is 9. The van der Waals surface area contributed by atoms with E-state index in [1.807, 2.05) is 30.3 Å². The van der Waals surface area contributed by atoms with Crippen molar-refractivity contribution in [1.29, 1.82) is 0 Å². The predicted molar refractivity (Wildman–Crippen MR) is 268 cm³/mol. The summed E-state index contributed by atoms with van der Waals surface area (Å²) in [6, 6.07) is 55.8. The molecule has 0 amide bonds. The second kappa shape index (κ2) is 14.0. The SMILES string of the molecule is Bc1c(B)c(B)c(-c2cccc(-c3nc(-c4ccccc4)nc(-c4cccc5c4oc4ccc(-c6ccc7c8ccccc8c8ccccc8c7c6)cc45)n3)c2)c(B)c1B. The molecule has 60 heavy (non-hydrogen) atoms. The highest BCUT2D eigenvalue weighted by molar-refractivity contribution is 6.68. The largest absolute Gasteiger partial charge is 0.455 e. The fourth-order valence-electron chi connectivity index (χ4n) is 9.33. The number of furan rings is 1. The molecule has 2 aromatic heterocycles. The van der Waals surface area contributed by atoms with Crippen molar-refractivity contribution < 1.29 is 4.42 Å². The van der Waals surface area contributed by atoms with E-state index in [0.717, 1.165) is 55.3 Å². The molecule has 0 aliphatic heterocycles. The maximum Gasteiger partial charge on any atom is 0.167 e. The number of aromatic nitrogens is 3. The van der Waals surface area contributed by atoms with Crippen LogP contribution in [0.15, 0.2) is 162 Å². The summed E-state index contributed by atoms with van der Waals surface area (Å²) in [7, 11) is 11.1. The van der Waals surface area contributed by atoms with E-state index in [2.05, 4.69) is 167 Å². The minimum Gasteiger partial charge on any atom is -0.455 e. The molecule has 2 heterocycles. The van der Waals surface area contributed by atoms with Gasteiger partial charge in [-0.3, -0.25) is 0 Å². The average molecular weight is 761 g/mol. The lowest BCUT2D eigenvalue weighted by Crippen LogP contribution is -2.55. The molecule has 0 aliphatic rings.